The van der Waals surface area contributed by atoms with Crippen molar-refractivity contribution in [3.05, 3.63) is 91.5 Å². The van der Waals surface area contributed by atoms with E-state index in [1.807, 2.05) is 0 Å². The Kier molecular flexibility index (Phi) is 5.31. The van der Waals surface area contributed by atoms with Crippen LogP contribution in [0, 0.1) is 5.82 Å². The fourth-order valence-electron chi connectivity index (χ4n) is 3.42. The minimum Gasteiger partial charge on any atom is -0.497 e. The largest absolute Gasteiger partial charge is 0.497 e. The van der Waals surface area contributed by atoms with E-state index in [0.717, 1.165) is 4.57 Å². The van der Waals surface area contributed by atoms with Crippen LogP contribution < -0.4 is 16.0 Å². The van der Waals surface area contributed by atoms with Crippen LogP contribution in [0.25, 0.3) is 27.3 Å². The van der Waals surface area contributed by atoms with Crippen LogP contribution in [0.2, 0.25) is 5.02 Å². The van der Waals surface area contributed by atoms with Crippen molar-refractivity contribution >= 4 is 33.2 Å². The van der Waals surface area contributed by atoms with Crippen molar-refractivity contribution in [2.45, 2.75) is 6.54 Å². The van der Waals surface area contributed by atoms with Gasteiger partial charge in [0.25, 0.3) is 5.56 Å². The normalized spacial score (nSPS) is 11.2. The lowest BCUT2D eigenvalue weighted by Gasteiger charge is -2.11. The summed E-state index contributed by atoms with van der Waals surface area (Å²) < 4.78 is 26.9. The zero-order chi connectivity index (χ0) is 23.1. The smallest absolute Gasteiger partial charge is 0.336 e. The third kappa shape index (κ3) is 3.73. The minimum absolute atomic E-state index is 0.0691. The first kappa shape index (κ1) is 21.1. The second kappa shape index (κ2) is 8.30. The molecule has 5 aromatic rings. The molecule has 166 valence electrons. The first-order valence-electron chi connectivity index (χ1n) is 9.62. The van der Waals surface area contributed by atoms with Crippen molar-refractivity contribution in [3.8, 4) is 22.8 Å². The quantitative estimate of drug-likeness (QED) is 0.373. The number of aromatic nitrogens is 4. The number of hydrogen-bond acceptors (Lipinski definition) is 7. The second-order valence-electron chi connectivity index (χ2n) is 6.99. The van der Waals surface area contributed by atoms with Crippen LogP contribution in [0.5, 0.6) is 5.75 Å². The number of ether oxygens (including phenoxy) is 1. The Balaban J connectivity index is 1.61. The summed E-state index contributed by atoms with van der Waals surface area (Å²) in [6.07, 6.45) is 0. The summed E-state index contributed by atoms with van der Waals surface area (Å²) in [6.45, 7) is -0.0712. The Morgan fingerprint density at radius 3 is 2.82 bits per heavy atom. The van der Waals surface area contributed by atoms with E-state index in [-0.39, 0.29) is 23.3 Å². The van der Waals surface area contributed by atoms with Crippen molar-refractivity contribution < 1.29 is 13.7 Å². The van der Waals surface area contributed by atoms with Crippen molar-refractivity contribution in [2.75, 3.05) is 7.11 Å². The van der Waals surface area contributed by atoms with Gasteiger partial charge in [-0.15, -0.1) is 11.3 Å². The van der Waals surface area contributed by atoms with Gasteiger partial charge in [0.2, 0.25) is 11.7 Å². The Morgan fingerprint density at radius 2 is 2.03 bits per heavy atom. The molecule has 0 N–H and O–H groups in total. The molecule has 0 atom stereocenters. The molecule has 3 heterocycles. The summed E-state index contributed by atoms with van der Waals surface area (Å²) in [7, 11) is 1.50. The predicted molar refractivity (Wildman–Crippen MR) is 122 cm³/mol. The first-order valence-corrected chi connectivity index (χ1v) is 10.9. The number of thiophene rings is 1. The molecule has 0 bridgehead atoms. The SMILES string of the molecule is COc1cccc(-n2c(=O)c3sccc3n(Cc3nc(-c4ccc(F)c(Cl)c4)no3)c2=O)c1. The molecule has 0 spiro atoms. The maximum absolute atomic E-state index is 13.5. The second-order valence-corrected chi connectivity index (χ2v) is 8.31. The fourth-order valence-corrected chi connectivity index (χ4v) is 4.43. The van der Waals surface area contributed by atoms with Crippen LogP contribution in [0.15, 0.2) is 68.0 Å². The third-order valence-corrected chi connectivity index (χ3v) is 6.19. The highest BCUT2D eigenvalue weighted by atomic mass is 35.5. The van der Waals surface area contributed by atoms with Gasteiger partial charge in [-0.2, -0.15) is 4.98 Å². The maximum Gasteiger partial charge on any atom is 0.336 e. The molecule has 0 amide bonds. The number of halogens is 2. The molecule has 5 rings (SSSR count). The summed E-state index contributed by atoms with van der Waals surface area (Å²) in [5, 5.41) is 5.57. The molecular formula is C22H14ClFN4O4S. The zero-order valence-electron chi connectivity index (χ0n) is 17.0. The number of fused-ring (bicyclic) bond motifs is 1. The Bertz CT molecular complexity index is 1620. The van der Waals surface area contributed by atoms with E-state index in [2.05, 4.69) is 10.1 Å². The van der Waals surface area contributed by atoms with Gasteiger partial charge in [-0.25, -0.2) is 13.8 Å². The van der Waals surface area contributed by atoms with Crippen molar-refractivity contribution in [2.24, 2.45) is 0 Å². The van der Waals surface area contributed by atoms with E-state index in [1.54, 1.807) is 35.7 Å². The van der Waals surface area contributed by atoms with E-state index in [0.29, 0.717) is 27.2 Å². The Morgan fingerprint density at radius 1 is 1.18 bits per heavy atom. The number of nitrogens with zero attached hydrogens (tertiary/aromatic N) is 4. The fraction of sp³-hybridized carbons (Fsp3) is 0.0909. The average Bonchev–Trinajstić information content (AvgIpc) is 3.49. The molecule has 0 fully saturated rings. The minimum atomic E-state index is -0.566. The van der Waals surface area contributed by atoms with Crippen LogP contribution in [0.4, 0.5) is 4.39 Å². The highest BCUT2D eigenvalue weighted by Gasteiger charge is 2.19. The van der Waals surface area contributed by atoms with Crippen LogP contribution in [-0.2, 0) is 6.54 Å². The molecule has 0 saturated heterocycles. The van der Waals surface area contributed by atoms with Crippen molar-refractivity contribution in [3.63, 3.8) is 0 Å². The monoisotopic (exact) mass is 484 g/mol. The molecule has 3 aromatic heterocycles. The summed E-state index contributed by atoms with van der Waals surface area (Å²) in [5.41, 5.74) is 0.301. The highest BCUT2D eigenvalue weighted by Crippen LogP contribution is 2.24. The lowest BCUT2D eigenvalue weighted by atomic mass is 10.2. The third-order valence-electron chi connectivity index (χ3n) is 5.01. The van der Waals surface area contributed by atoms with Gasteiger partial charge < -0.3 is 9.26 Å². The van der Waals surface area contributed by atoms with Crippen LogP contribution in [0.3, 0.4) is 0 Å². The zero-order valence-corrected chi connectivity index (χ0v) is 18.6. The molecule has 33 heavy (non-hydrogen) atoms. The summed E-state index contributed by atoms with van der Waals surface area (Å²) in [6, 6.07) is 12.4. The predicted octanol–water partition coefficient (Wildman–Crippen LogP) is 4.11. The number of hydrogen-bond donors (Lipinski definition) is 0. The van der Waals surface area contributed by atoms with E-state index in [9.17, 15) is 14.0 Å². The standard InChI is InChI=1S/C22H14ClFN4O4S/c1-31-14-4-2-3-13(10-14)28-21(29)19-17(7-8-33-19)27(22(28)30)11-18-25-20(26-32-18)12-5-6-16(24)15(23)9-12/h2-10H,11H2,1H3. The molecule has 0 unspecified atom stereocenters. The first-order chi connectivity index (χ1) is 16.0. The average molecular weight is 485 g/mol. The number of methoxy groups -OCH3 is 1. The molecule has 0 aliphatic rings. The van der Waals surface area contributed by atoms with Gasteiger partial charge in [0.15, 0.2) is 0 Å². The summed E-state index contributed by atoms with van der Waals surface area (Å²) >= 11 is 7.07. The van der Waals surface area contributed by atoms with Gasteiger partial charge in [0, 0.05) is 11.6 Å². The van der Waals surface area contributed by atoms with Gasteiger partial charge in [0.1, 0.15) is 22.8 Å². The molecule has 0 aliphatic heterocycles. The van der Waals surface area contributed by atoms with Gasteiger partial charge in [-0.3, -0.25) is 9.36 Å². The molecular weight excluding hydrogens is 471 g/mol. The lowest BCUT2D eigenvalue weighted by molar-refractivity contribution is 0.370. The van der Waals surface area contributed by atoms with Gasteiger partial charge in [0.05, 0.1) is 23.3 Å². The van der Waals surface area contributed by atoms with E-state index >= 15 is 0 Å². The molecule has 0 aliphatic carbocycles. The van der Waals surface area contributed by atoms with Gasteiger partial charge >= 0.3 is 5.69 Å². The molecule has 2 aromatic carbocycles. The van der Waals surface area contributed by atoms with E-state index in [1.165, 1.54) is 41.2 Å². The molecule has 8 nitrogen and oxygen atoms in total. The van der Waals surface area contributed by atoms with Crippen LogP contribution in [0.1, 0.15) is 5.89 Å². The topological polar surface area (TPSA) is 92.2 Å². The van der Waals surface area contributed by atoms with E-state index < -0.39 is 17.1 Å². The van der Waals surface area contributed by atoms with Crippen molar-refractivity contribution in [1.29, 1.82) is 0 Å². The maximum atomic E-state index is 13.5. The Labute approximate surface area is 194 Å². The molecule has 0 radical (unpaired) electrons. The molecule has 0 saturated carbocycles. The van der Waals surface area contributed by atoms with Crippen LogP contribution >= 0.6 is 22.9 Å². The number of rotatable bonds is 5. The van der Waals surface area contributed by atoms with Crippen LogP contribution in [-0.4, -0.2) is 26.4 Å². The van der Waals surface area contributed by atoms with E-state index in [4.69, 9.17) is 20.9 Å². The lowest BCUT2D eigenvalue weighted by Crippen LogP contribution is -2.38. The van der Waals surface area contributed by atoms with Crippen molar-refractivity contribution in [1.82, 2.24) is 19.3 Å². The summed E-state index contributed by atoms with van der Waals surface area (Å²) in [4.78, 5) is 30.8. The van der Waals surface area contributed by atoms with Gasteiger partial charge in [-0.05, 0) is 41.8 Å². The van der Waals surface area contributed by atoms with Gasteiger partial charge in [-0.1, -0.05) is 22.8 Å². The Hall–Kier alpha value is -3.76. The number of benzene rings is 2. The summed E-state index contributed by atoms with van der Waals surface area (Å²) in [5.74, 6) is 0.282. The highest BCUT2D eigenvalue weighted by molar-refractivity contribution is 7.17. The molecule has 11 heteroatoms.